The number of rotatable bonds is 8. The van der Waals surface area contributed by atoms with Crippen LogP contribution in [0.15, 0.2) is 24.3 Å². The van der Waals surface area contributed by atoms with E-state index in [1.54, 1.807) is 25.1 Å². The lowest BCUT2D eigenvalue weighted by atomic mass is 10.1. The van der Waals surface area contributed by atoms with Crippen LogP contribution in [0.1, 0.15) is 47.4 Å². The zero-order valence-corrected chi connectivity index (χ0v) is 12.9. The van der Waals surface area contributed by atoms with Crippen molar-refractivity contribution in [3.8, 4) is 0 Å². The van der Waals surface area contributed by atoms with Gasteiger partial charge in [-0.15, -0.1) is 0 Å². The van der Waals surface area contributed by atoms with Gasteiger partial charge in [-0.1, -0.05) is 19.9 Å². The number of amides is 2. The highest BCUT2D eigenvalue weighted by molar-refractivity contribution is 5.99. The lowest BCUT2D eigenvalue weighted by Crippen LogP contribution is -2.29. The average molecular weight is 306 g/mol. The molecule has 0 bridgehead atoms. The van der Waals surface area contributed by atoms with Crippen LogP contribution in [0.25, 0.3) is 0 Å². The Morgan fingerprint density at radius 1 is 1.14 bits per heavy atom. The maximum Gasteiger partial charge on any atom is 0.303 e. The summed E-state index contributed by atoms with van der Waals surface area (Å²) in [5, 5.41) is 14.1. The first-order valence-electron chi connectivity index (χ1n) is 7.32. The summed E-state index contributed by atoms with van der Waals surface area (Å²) < 4.78 is 0. The average Bonchev–Trinajstić information content (AvgIpc) is 2.49. The lowest BCUT2D eigenvalue weighted by Gasteiger charge is -2.11. The lowest BCUT2D eigenvalue weighted by molar-refractivity contribution is -0.137. The Kier molecular flexibility index (Phi) is 7.08. The van der Waals surface area contributed by atoms with Crippen LogP contribution in [-0.2, 0) is 4.79 Å². The summed E-state index contributed by atoms with van der Waals surface area (Å²) in [6.07, 6.45) is 0.840. The molecule has 0 aliphatic rings. The number of carboxylic acids is 1. The molecule has 1 unspecified atom stereocenters. The smallest absolute Gasteiger partial charge is 0.303 e. The van der Waals surface area contributed by atoms with E-state index in [1.165, 1.54) is 6.07 Å². The topological polar surface area (TPSA) is 95.5 Å². The Morgan fingerprint density at radius 3 is 2.27 bits per heavy atom. The molecule has 1 atom stereocenters. The fraction of sp³-hybridized carbons (Fsp3) is 0.438. The molecule has 0 aliphatic carbocycles. The van der Waals surface area contributed by atoms with Crippen molar-refractivity contribution >= 4 is 17.8 Å². The molecule has 0 saturated heterocycles. The molecule has 0 radical (unpaired) electrons. The van der Waals surface area contributed by atoms with Crippen molar-refractivity contribution in [2.45, 2.75) is 26.7 Å². The Labute approximate surface area is 129 Å². The van der Waals surface area contributed by atoms with E-state index >= 15 is 0 Å². The van der Waals surface area contributed by atoms with E-state index in [9.17, 15) is 14.4 Å². The summed E-state index contributed by atoms with van der Waals surface area (Å²) in [4.78, 5) is 34.5. The second-order valence-electron chi connectivity index (χ2n) is 5.25. The number of hydrogen-bond donors (Lipinski definition) is 3. The predicted octanol–water partition coefficient (Wildman–Crippen LogP) is 1.67. The van der Waals surface area contributed by atoms with E-state index in [4.69, 9.17) is 5.11 Å². The van der Waals surface area contributed by atoms with Gasteiger partial charge in [-0.2, -0.15) is 0 Å². The van der Waals surface area contributed by atoms with Crippen LogP contribution in [-0.4, -0.2) is 36.0 Å². The highest BCUT2D eigenvalue weighted by Crippen LogP contribution is 2.06. The fourth-order valence-electron chi connectivity index (χ4n) is 1.88. The van der Waals surface area contributed by atoms with Gasteiger partial charge in [0.25, 0.3) is 11.8 Å². The van der Waals surface area contributed by atoms with Crippen molar-refractivity contribution in [1.29, 1.82) is 0 Å². The third kappa shape index (κ3) is 5.95. The molecule has 2 amide bonds. The molecule has 1 rings (SSSR count). The summed E-state index contributed by atoms with van der Waals surface area (Å²) in [5.41, 5.74) is 0.811. The van der Waals surface area contributed by atoms with E-state index in [0.29, 0.717) is 17.7 Å². The van der Waals surface area contributed by atoms with E-state index in [-0.39, 0.29) is 30.7 Å². The van der Waals surface area contributed by atoms with Crippen molar-refractivity contribution in [1.82, 2.24) is 10.6 Å². The largest absolute Gasteiger partial charge is 0.481 e. The standard InChI is InChI=1S/C16H22N2O4/c1-3-7-17-15(21)12-5-4-6-13(9-12)16(22)18-10-11(2)8-14(19)20/h4-6,9,11H,3,7-8,10H2,1-2H3,(H,17,21)(H,18,22)(H,19,20). The molecule has 6 heteroatoms. The molecule has 6 nitrogen and oxygen atoms in total. The molecular formula is C16H22N2O4. The molecule has 0 aromatic heterocycles. The number of nitrogens with one attached hydrogen (secondary N) is 2. The minimum Gasteiger partial charge on any atom is -0.481 e. The molecule has 0 saturated carbocycles. The molecule has 0 spiro atoms. The molecule has 3 N–H and O–H groups in total. The van der Waals surface area contributed by atoms with Gasteiger partial charge in [0.15, 0.2) is 0 Å². The summed E-state index contributed by atoms with van der Waals surface area (Å²) in [7, 11) is 0. The first-order valence-corrected chi connectivity index (χ1v) is 7.32. The zero-order chi connectivity index (χ0) is 16.5. The molecule has 1 aromatic rings. The number of carbonyl (C=O) groups is 3. The van der Waals surface area contributed by atoms with Gasteiger partial charge in [0, 0.05) is 30.6 Å². The predicted molar refractivity (Wildman–Crippen MR) is 82.8 cm³/mol. The van der Waals surface area contributed by atoms with Crippen molar-refractivity contribution in [3.05, 3.63) is 35.4 Å². The Balaban J connectivity index is 2.62. The molecule has 1 aromatic carbocycles. The zero-order valence-electron chi connectivity index (χ0n) is 12.9. The van der Waals surface area contributed by atoms with Crippen molar-refractivity contribution < 1.29 is 19.5 Å². The maximum absolute atomic E-state index is 12.0. The Morgan fingerprint density at radius 2 is 1.73 bits per heavy atom. The first kappa shape index (κ1) is 17.7. The second-order valence-corrected chi connectivity index (χ2v) is 5.25. The van der Waals surface area contributed by atoms with Gasteiger partial charge in [0.1, 0.15) is 0 Å². The van der Waals surface area contributed by atoms with Crippen molar-refractivity contribution in [2.24, 2.45) is 5.92 Å². The van der Waals surface area contributed by atoms with E-state index in [1.807, 2.05) is 6.92 Å². The summed E-state index contributed by atoms with van der Waals surface area (Å²) >= 11 is 0. The number of carbonyl (C=O) groups excluding carboxylic acids is 2. The van der Waals surface area contributed by atoms with Crippen molar-refractivity contribution in [3.63, 3.8) is 0 Å². The minimum absolute atomic E-state index is 0.000255. The first-order chi connectivity index (χ1) is 10.4. The van der Waals surface area contributed by atoms with Crippen LogP contribution in [0.3, 0.4) is 0 Å². The summed E-state index contributed by atoms with van der Waals surface area (Å²) in [6, 6.07) is 6.45. The maximum atomic E-state index is 12.0. The molecule has 0 aliphatic heterocycles. The minimum atomic E-state index is -0.892. The third-order valence-electron chi connectivity index (χ3n) is 3.06. The Hall–Kier alpha value is -2.37. The number of carboxylic acid groups (broad SMARTS) is 1. The van der Waals surface area contributed by atoms with Crippen LogP contribution in [0, 0.1) is 5.92 Å². The highest BCUT2D eigenvalue weighted by atomic mass is 16.4. The van der Waals surface area contributed by atoms with Crippen LogP contribution in [0.5, 0.6) is 0 Å². The molecule has 120 valence electrons. The highest BCUT2D eigenvalue weighted by Gasteiger charge is 2.12. The number of aliphatic carboxylic acids is 1. The van der Waals surface area contributed by atoms with Gasteiger partial charge >= 0.3 is 5.97 Å². The fourth-order valence-corrected chi connectivity index (χ4v) is 1.88. The molecular weight excluding hydrogens is 284 g/mol. The molecule has 0 fully saturated rings. The quantitative estimate of drug-likeness (QED) is 0.680. The summed E-state index contributed by atoms with van der Waals surface area (Å²) in [6.45, 7) is 4.57. The van der Waals surface area contributed by atoms with Gasteiger partial charge in [0.2, 0.25) is 0 Å². The number of benzene rings is 1. The van der Waals surface area contributed by atoms with Crippen LogP contribution in [0.4, 0.5) is 0 Å². The normalized spacial score (nSPS) is 11.5. The van der Waals surface area contributed by atoms with Gasteiger partial charge < -0.3 is 15.7 Å². The van der Waals surface area contributed by atoms with E-state index in [2.05, 4.69) is 10.6 Å². The number of hydrogen-bond acceptors (Lipinski definition) is 3. The van der Waals surface area contributed by atoms with Crippen molar-refractivity contribution in [2.75, 3.05) is 13.1 Å². The van der Waals surface area contributed by atoms with Gasteiger partial charge in [-0.05, 0) is 30.5 Å². The summed E-state index contributed by atoms with van der Waals surface area (Å²) in [5.74, 6) is -1.58. The van der Waals surface area contributed by atoms with E-state index in [0.717, 1.165) is 6.42 Å². The Bertz CT molecular complexity index is 543. The second kappa shape index (κ2) is 8.81. The SMILES string of the molecule is CCCNC(=O)c1cccc(C(=O)NCC(C)CC(=O)O)c1. The van der Waals surface area contributed by atoms with Gasteiger partial charge in [-0.3, -0.25) is 14.4 Å². The van der Waals surface area contributed by atoms with Gasteiger partial charge in [0.05, 0.1) is 0 Å². The monoisotopic (exact) mass is 306 g/mol. The van der Waals surface area contributed by atoms with Crippen LogP contribution < -0.4 is 10.6 Å². The van der Waals surface area contributed by atoms with Crippen LogP contribution >= 0.6 is 0 Å². The molecule has 22 heavy (non-hydrogen) atoms. The van der Waals surface area contributed by atoms with Crippen LogP contribution in [0.2, 0.25) is 0 Å². The molecule has 0 heterocycles. The van der Waals surface area contributed by atoms with E-state index < -0.39 is 5.97 Å². The third-order valence-corrected chi connectivity index (χ3v) is 3.06. The van der Waals surface area contributed by atoms with Gasteiger partial charge in [-0.25, -0.2) is 0 Å².